The molecule has 1 amide bonds. The van der Waals surface area contributed by atoms with Gasteiger partial charge in [-0.15, -0.1) is 0 Å². The van der Waals surface area contributed by atoms with E-state index in [2.05, 4.69) is 0 Å². The Morgan fingerprint density at radius 2 is 2.19 bits per heavy atom. The van der Waals surface area contributed by atoms with Crippen molar-refractivity contribution in [3.05, 3.63) is 34.6 Å². The highest BCUT2D eigenvalue weighted by atomic mass is 35.5. The lowest BCUT2D eigenvalue weighted by Crippen LogP contribution is -2.47. The Balaban J connectivity index is 2.18. The first-order chi connectivity index (χ1) is 9.95. The lowest BCUT2D eigenvalue weighted by atomic mass is 9.98. The average molecular weight is 313 g/mol. The minimum absolute atomic E-state index is 0.105. The third kappa shape index (κ3) is 3.74. The van der Waals surface area contributed by atoms with Gasteiger partial charge in [-0.1, -0.05) is 37.9 Å². The molecule has 5 heteroatoms. The van der Waals surface area contributed by atoms with Crippen molar-refractivity contribution in [1.82, 2.24) is 4.90 Å². The van der Waals surface area contributed by atoms with Crippen LogP contribution in [0.3, 0.4) is 0 Å². The molecule has 1 unspecified atom stereocenters. The van der Waals surface area contributed by atoms with Gasteiger partial charge in [-0.05, 0) is 30.9 Å². The lowest BCUT2D eigenvalue weighted by molar-refractivity contribution is -0.135. The van der Waals surface area contributed by atoms with Crippen molar-refractivity contribution in [3.8, 4) is 0 Å². The fourth-order valence-electron chi connectivity index (χ4n) is 2.32. The first kappa shape index (κ1) is 16.2. The summed E-state index contributed by atoms with van der Waals surface area (Å²) in [6.07, 6.45) is 2.74. The van der Waals surface area contributed by atoms with Crippen molar-refractivity contribution in [2.75, 3.05) is 0 Å². The Morgan fingerprint density at radius 1 is 1.52 bits per heavy atom. The third-order valence-corrected chi connectivity index (χ3v) is 4.56. The highest BCUT2D eigenvalue weighted by Crippen LogP contribution is 2.31. The second-order valence-electron chi connectivity index (χ2n) is 5.81. The largest absolute Gasteiger partial charge is 0.334 e. The van der Waals surface area contributed by atoms with Crippen LogP contribution < -0.4 is 5.73 Å². The molecule has 0 radical (unpaired) electrons. The van der Waals surface area contributed by atoms with Crippen LogP contribution in [0.5, 0.6) is 0 Å². The fourth-order valence-corrected chi connectivity index (χ4v) is 2.54. The molecule has 0 aliphatic heterocycles. The van der Waals surface area contributed by atoms with Gasteiger partial charge in [-0.25, -0.2) is 4.39 Å². The van der Waals surface area contributed by atoms with Crippen LogP contribution in [0, 0.1) is 11.7 Å². The molecule has 2 N–H and O–H groups in total. The summed E-state index contributed by atoms with van der Waals surface area (Å²) < 4.78 is 13.9. The van der Waals surface area contributed by atoms with Gasteiger partial charge in [0.2, 0.25) is 5.91 Å². The third-order valence-electron chi connectivity index (χ3n) is 4.20. The van der Waals surface area contributed by atoms with E-state index in [-0.39, 0.29) is 30.2 Å². The zero-order valence-corrected chi connectivity index (χ0v) is 13.2. The number of carbonyl (C=O) groups excluding carboxylic acids is 1. The minimum Gasteiger partial charge on any atom is -0.334 e. The van der Waals surface area contributed by atoms with Gasteiger partial charge in [0.1, 0.15) is 5.82 Å². The predicted molar refractivity (Wildman–Crippen MR) is 82.4 cm³/mol. The van der Waals surface area contributed by atoms with Crippen molar-refractivity contribution >= 4 is 17.5 Å². The number of hydrogen-bond donors (Lipinski definition) is 1. The van der Waals surface area contributed by atoms with Crippen LogP contribution in [0.15, 0.2) is 18.2 Å². The van der Waals surface area contributed by atoms with Crippen molar-refractivity contribution in [1.29, 1.82) is 0 Å². The van der Waals surface area contributed by atoms with E-state index in [0.29, 0.717) is 10.6 Å². The maximum Gasteiger partial charge on any atom is 0.240 e. The van der Waals surface area contributed by atoms with Gasteiger partial charge >= 0.3 is 0 Å². The molecule has 1 fully saturated rings. The maximum atomic E-state index is 13.9. The first-order valence-electron chi connectivity index (χ1n) is 7.44. The van der Waals surface area contributed by atoms with Crippen LogP contribution in [-0.2, 0) is 11.3 Å². The maximum absolute atomic E-state index is 13.9. The number of halogens is 2. The molecule has 1 aliphatic rings. The van der Waals surface area contributed by atoms with Crippen LogP contribution in [0.25, 0.3) is 0 Å². The average Bonchev–Trinajstić information content (AvgIpc) is 3.29. The smallest absolute Gasteiger partial charge is 0.240 e. The number of amides is 1. The van der Waals surface area contributed by atoms with E-state index in [0.717, 1.165) is 19.3 Å². The van der Waals surface area contributed by atoms with E-state index >= 15 is 0 Å². The number of nitrogens with two attached hydrogens (primary N) is 1. The molecule has 2 rings (SSSR count). The van der Waals surface area contributed by atoms with Gasteiger partial charge in [0.15, 0.2) is 0 Å². The molecule has 0 bridgehead atoms. The van der Waals surface area contributed by atoms with Crippen molar-refractivity contribution in [2.24, 2.45) is 11.7 Å². The van der Waals surface area contributed by atoms with E-state index in [9.17, 15) is 9.18 Å². The summed E-state index contributed by atoms with van der Waals surface area (Å²) in [4.78, 5) is 14.3. The topological polar surface area (TPSA) is 46.3 Å². The molecular weight excluding hydrogens is 291 g/mol. The zero-order valence-electron chi connectivity index (χ0n) is 12.5. The minimum atomic E-state index is -0.541. The quantitative estimate of drug-likeness (QED) is 0.875. The van der Waals surface area contributed by atoms with Crippen molar-refractivity contribution in [3.63, 3.8) is 0 Å². The number of rotatable bonds is 6. The summed E-state index contributed by atoms with van der Waals surface area (Å²) in [6.45, 7) is 4.16. The highest BCUT2D eigenvalue weighted by molar-refractivity contribution is 6.31. The standard InChI is InChI=1S/C16H22ClFN2O/c1-3-10(2)15(19)16(21)20(11-7-8-11)9-12-13(17)5-4-6-14(12)18/h4-6,10-11,15H,3,7-9,19H2,1-2H3/t10?,15-/m0/s1. The number of carbonyl (C=O) groups is 1. The molecule has 3 nitrogen and oxygen atoms in total. The van der Waals surface area contributed by atoms with E-state index in [1.54, 1.807) is 17.0 Å². The van der Waals surface area contributed by atoms with Crippen molar-refractivity contribution < 1.29 is 9.18 Å². The summed E-state index contributed by atoms with van der Waals surface area (Å²) in [6, 6.07) is 4.20. The predicted octanol–water partition coefficient (Wildman–Crippen LogP) is 3.34. The monoisotopic (exact) mass is 312 g/mol. The lowest BCUT2D eigenvalue weighted by Gasteiger charge is -2.28. The normalized spacial score (nSPS) is 17.4. The number of nitrogens with zero attached hydrogens (tertiary/aromatic N) is 1. The molecule has 2 atom stereocenters. The van der Waals surface area contributed by atoms with Gasteiger partial charge in [0.25, 0.3) is 0 Å². The molecule has 0 aromatic heterocycles. The second kappa shape index (κ2) is 6.75. The summed E-state index contributed by atoms with van der Waals surface area (Å²) in [5.41, 5.74) is 6.42. The molecular formula is C16H22ClFN2O. The van der Waals surface area contributed by atoms with E-state index in [4.69, 9.17) is 17.3 Å². The van der Waals surface area contributed by atoms with E-state index < -0.39 is 6.04 Å². The van der Waals surface area contributed by atoms with Gasteiger partial charge in [0, 0.05) is 16.6 Å². The van der Waals surface area contributed by atoms with Gasteiger partial charge in [0.05, 0.1) is 12.6 Å². The Hall–Kier alpha value is -1.13. The molecule has 21 heavy (non-hydrogen) atoms. The van der Waals surface area contributed by atoms with Gasteiger partial charge in [-0.3, -0.25) is 4.79 Å². The van der Waals surface area contributed by atoms with Crippen LogP contribution in [0.1, 0.15) is 38.7 Å². The Labute approximate surface area is 130 Å². The molecule has 116 valence electrons. The summed E-state index contributed by atoms with van der Waals surface area (Å²) in [7, 11) is 0. The Kier molecular flexibility index (Phi) is 5.22. The summed E-state index contributed by atoms with van der Waals surface area (Å²) in [5.74, 6) is -0.376. The molecule has 1 aromatic rings. The first-order valence-corrected chi connectivity index (χ1v) is 7.82. The zero-order chi connectivity index (χ0) is 15.6. The van der Waals surface area contributed by atoms with Crippen LogP contribution in [0.4, 0.5) is 4.39 Å². The summed E-state index contributed by atoms with van der Waals surface area (Å²) in [5, 5.41) is 0.352. The van der Waals surface area contributed by atoms with E-state index in [1.807, 2.05) is 13.8 Å². The molecule has 1 saturated carbocycles. The summed E-state index contributed by atoms with van der Waals surface area (Å²) >= 11 is 6.06. The van der Waals surface area contributed by atoms with Gasteiger partial charge in [-0.2, -0.15) is 0 Å². The SMILES string of the molecule is CCC(C)[C@H](N)C(=O)N(Cc1c(F)cccc1Cl)C1CC1. The fraction of sp³-hybridized carbons (Fsp3) is 0.562. The second-order valence-corrected chi connectivity index (χ2v) is 6.22. The molecule has 0 heterocycles. The number of benzene rings is 1. The Bertz CT molecular complexity index is 499. The molecule has 1 aliphatic carbocycles. The molecule has 0 spiro atoms. The number of hydrogen-bond acceptors (Lipinski definition) is 2. The van der Waals surface area contributed by atoms with Crippen LogP contribution in [0.2, 0.25) is 5.02 Å². The highest BCUT2D eigenvalue weighted by Gasteiger charge is 2.36. The van der Waals surface area contributed by atoms with Gasteiger partial charge < -0.3 is 10.6 Å². The Morgan fingerprint density at radius 3 is 2.71 bits per heavy atom. The molecule has 1 aromatic carbocycles. The molecule has 0 saturated heterocycles. The van der Waals surface area contributed by atoms with Crippen LogP contribution in [-0.4, -0.2) is 22.9 Å². The van der Waals surface area contributed by atoms with Crippen molar-refractivity contribution in [2.45, 2.75) is 51.7 Å². The van der Waals surface area contributed by atoms with E-state index in [1.165, 1.54) is 6.07 Å². The van der Waals surface area contributed by atoms with Crippen LogP contribution >= 0.6 is 11.6 Å².